The van der Waals surface area contributed by atoms with Crippen molar-refractivity contribution in [3.63, 3.8) is 0 Å². The molecule has 1 N–H and O–H groups in total. The van der Waals surface area contributed by atoms with Gasteiger partial charge in [-0.15, -0.1) is 0 Å². The Hall–Kier alpha value is -2.77. The Balaban J connectivity index is 1.55. The molecule has 126 valence electrons. The van der Waals surface area contributed by atoms with E-state index in [0.29, 0.717) is 24.6 Å². The summed E-state index contributed by atoms with van der Waals surface area (Å²) >= 11 is 0. The molecular weight excluding hydrogens is 318 g/mol. The predicted molar refractivity (Wildman–Crippen MR) is 83.0 cm³/mol. The number of alkyl halides is 2. The van der Waals surface area contributed by atoms with Crippen molar-refractivity contribution in [1.29, 1.82) is 0 Å². The predicted octanol–water partition coefficient (Wildman–Crippen LogP) is 2.40. The number of rotatable bonds is 5. The first kappa shape index (κ1) is 16.1. The molecule has 1 aliphatic rings. The zero-order chi connectivity index (χ0) is 16.9. The summed E-state index contributed by atoms with van der Waals surface area (Å²) in [4.78, 5) is 22.2. The molecule has 1 unspecified atom stereocenters. The number of anilines is 1. The molecule has 24 heavy (non-hydrogen) atoms. The molecule has 1 atom stereocenters. The molecule has 3 heterocycles. The van der Waals surface area contributed by atoms with Gasteiger partial charge in [0.2, 0.25) is 0 Å². The second kappa shape index (κ2) is 7.20. The monoisotopic (exact) mass is 334 g/mol. The maximum Gasteiger partial charge on any atom is 0.387 e. The van der Waals surface area contributed by atoms with E-state index < -0.39 is 6.61 Å². The van der Waals surface area contributed by atoms with Crippen LogP contribution >= 0.6 is 0 Å². The van der Waals surface area contributed by atoms with Gasteiger partial charge in [0.25, 0.3) is 5.91 Å². The minimum absolute atomic E-state index is 0.00827. The lowest BCUT2D eigenvalue weighted by Crippen LogP contribution is -2.32. The van der Waals surface area contributed by atoms with E-state index in [1.165, 1.54) is 12.3 Å². The Labute approximate surface area is 137 Å². The normalized spacial score (nSPS) is 17.1. The van der Waals surface area contributed by atoms with E-state index >= 15 is 0 Å². The lowest BCUT2D eigenvalue weighted by Gasteiger charge is -2.17. The van der Waals surface area contributed by atoms with E-state index in [9.17, 15) is 13.6 Å². The summed E-state index contributed by atoms with van der Waals surface area (Å²) in [6.45, 7) is -1.71. The van der Waals surface area contributed by atoms with E-state index in [1.807, 2.05) is 0 Å². The average Bonchev–Trinajstić information content (AvgIpc) is 3.05. The van der Waals surface area contributed by atoms with Crippen molar-refractivity contribution < 1.29 is 18.3 Å². The number of hydrogen-bond acceptors (Lipinski definition) is 5. The highest BCUT2D eigenvalue weighted by atomic mass is 19.3. The number of amides is 1. The van der Waals surface area contributed by atoms with Crippen LogP contribution in [0, 0.1) is 0 Å². The molecule has 3 rings (SSSR count). The Morgan fingerprint density at radius 3 is 2.83 bits per heavy atom. The van der Waals surface area contributed by atoms with Gasteiger partial charge in [-0.3, -0.25) is 9.78 Å². The fraction of sp³-hybridized carbons (Fsp3) is 0.312. The topological polar surface area (TPSA) is 67.4 Å². The number of carbonyl (C=O) groups excluding carboxylic acids is 1. The van der Waals surface area contributed by atoms with Crippen molar-refractivity contribution in [2.45, 2.75) is 19.1 Å². The highest BCUT2D eigenvalue weighted by molar-refractivity contribution is 5.92. The molecule has 1 fully saturated rings. The third-order valence-corrected chi connectivity index (χ3v) is 3.67. The van der Waals surface area contributed by atoms with E-state index in [2.05, 4.69) is 20.0 Å². The van der Waals surface area contributed by atoms with Gasteiger partial charge in [-0.05, 0) is 30.7 Å². The zero-order valence-electron chi connectivity index (χ0n) is 12.7. The van der Waals surface area contributed by atoms with Crippen LogP contribution in [-0.2, 0) is 0 Å². The lowest BCUT2D eigenvalue weighted by atomic mass is 10.2. The highest BCUT2D eigenvalue weighted by Crippen LogP contribution is 2.19. The van der Waals surface area contributed by atoms with Crippen molar-refractivity contribution >= 4 is 11.7 Å². The summed E-state index contributed by atoms with van der Waals surface area (Å²) in [5, 5.41) is 3.19. The van der Waals surface area contributed by atoms with Crippen LogP contribution in [0.2, 0.25) is 0 Å². The molecule has 0 saturated carbocycles. The number of hydrogen-bond donors (Lipinski definition) is 1. The number of carbonyl (C=O) groups is 1. The molecule has 1 aliphatic heterocycles. The van der Waals surface area contributed by atoms with Crippen molar-refractivity contribution in [1.82, 2.24) is 14.9 Å². The van der Waals surface area contributed by atoms with Crippen LogP contribution in [0.3, 0.4) is 0 Å². The maximum atomic E-state index is 12.3. The second-order valence-electron chi connectivity index (χ2n) is 5.35. The van der Waals surface area contributed by atoms with Crippen LogP contribution in [0.1, 0.15) is 16.9 Å². The number of likely N-dealkylation sites (tertiary alicyclic amines) is 1. The molecule has 0 spiro atoms. The van der Waals surface area contributed by atoms with Crippen LogP contribution in [-0.4, -0.2) is 46.5 Å². The molecule has 0 aliphatic carbocycles. The molecular formula is C16H16F2N4O2. The Bertz CT molecular complexity index is 682. The molecule has 8 heteroatoms. The molecule has 0 radical (unpaired) electrons. The van der Waals surface area contributed by atoms with Gasteiger partial charge in [0.15, 0.2) is 0 Å². The number of pyridine rings is 2. The first-order chi connectivity index (χ1) is 11.6. The van der Waals surface area contributed by atoms with Crippen molar-refractivity contribution in [3.05, 3.63) is 48.4 Å². The number of nitrogens with one attached hydrogen (secondary N) is 1. The first-order valence-corrected chi connectivity index (χ1v) is 7.49. The summed E-state index contributed by atoms with van der Waals surface area (Å²) in [5.74, 6) is 0.455. The fourth-order valence-corrected chi connectivity index (χ4v) is 2.56. The van der Waals surface area contributed by atoms with Gasteiger partial charge in [-0.1, -0.05) is 6.07 Å². The lowest BCUT2D eigenvalue weighted by molar-refractivity contribution is -0.0500. The van der Waals surface area contributed by atoms with E-state index in [1.54, 1.807) is 35.4 Å². The molecule has 2 aromatic rings. The second-order valence-corrected chi connectivity index (χ2v) is 5.35. The third-order valence-electron chi connectivity index (χ3n) is 3.67. The van der Waals surface area contributed by atoms with Gasteiger partial charge in [0, 0.05) is 25.3 Å². The van der Waals surface area contributed by atoms with Crippen molar-refractivity contribution in [3.8, 4) is 5.75 Å². The summed E-state index contributed by atoms with van der Waals surface area (Å²) in [6, 6.07) is 8.27. The minimum Gasteiger partial charge on any atom is -0.433 e. The zero-order valence-corrected chi connectivity index (χ0v) is 12.7. The standard InChI is InChI=1S/C16H16F2N4O2/c17-16(18)24-12-4-5-14(20-9-12)21-11-6-8-22(10-11)15(23)13-3-1-2-7-19-13/h1-5,7,9,11,16H,6,8,10H2,(H,20,21). The summed E-state index contributed by atoms with van der Waals surface area (Å²) in [6.07, 6.45) is 3.60. The van der Waals surface area contributed by atoms with Gasteiger partial charge in [-0.2, -0.15) is 8.78 Å². The largest absolute Gasteiger partial charge is 0.433 e. The van der Waals surface area contributed by atoms with Gasteiger partial charge in [0.1, 0.15) is 17.3 Å². The van der Waals surface area contributed by atoms with Gasteiger partial charge >= 0.3 is 6.61 Å². The van der Waals surface area contributed by atoms with Gasteiger partial charge in [-0.25, -0.2) is 4.98 Å². The van der Waals surface area contributed by atoms with Gasteiger partial charge < -0.3 is 15.0 Å². The summed E-state index contributed by atoms with van der Waals surface area (Å²) in [5.41, 5.74) is 0.421. The van der Waals surface area contributed by atoms with E-state index in [4.69, 9.17) is 0 Å². The molecule has 1 saturated heterocycles. The number of nitrogens with zero attached hydrogens (tertiary/aromatic N) is 3. The third kappa shape index (κ3) is 3.95. The molecule has 0 bridgehead atoms. The molecule has 0 aromatic carbocycles. The quantitative estimate of drug-likeness (QED) is 0.909. The fourth-order valence-electron chi connectivity index (χ4n) is 2.56. The average molecular weight is 334 g/mol. The Morgan fingerprint density at radius 2 is 2.17 bits per heavy atom. The Morgan fingerprint density at radius 1 is 1.29 bits per heavy atom. The van der Waals surface area contributed by atoms with E-state index in [-0.39, 0.29) is 17.7 Å². The number of aromatic nitrogens is 2. The minimum atomic E-state index is -2.87. The van der Waals surface area contributed by atoms with Gasteiger partial charge in [0.05, 0.1) is 6.20 Å². The van der Waals surface area contributed by atoms with Crippen LogP contribution in [0.15, 0.2) is 42.7 Å². The van der Waals surface area contributed by atoms with Crippen LogP contribution in [0.25, 0.3) is 0 Å². The Kier molecular flexibility index (Phi) is 4.83. The highest BCUT2D eigenvalue weighted by Gasteiger charge is 2.27. The molecule has 2 aromatic heterocycles. The van der Waals surface area contributed by atoms with Crippen LogP contribution in [0.4, 0.5) is 14.6 Å². The maximum absolute atomic E-state index is 12.3. The summed E-state index contributed by atoms with van der Waals surface area (Å²) in [7, 11) is 0. The summed E-state index contributed by atoms with van der Waals surface area (Å²) < 4.78 is 28.5. The number of halogens is 2. The van der Waals surface area contributed by atoms with E-state index in [0.717, 1.165) is 6.42 Å². The smallest absolute Gasteiger partial charge is 0.387 e. The van der Waals surface area contributed by atoms with Crippen molar-refractivity contribution in [2.75, 3.05) is 18.4 Å². The van der Waals surface area contributed by atoms with Crippen molar-refractivity contribution in [2.24, 2.45) is 0 Å². The van der Waals surface area contributed by atoms with Crippen LogP contribution < -0.4 is 10.1 Å². The SMILES string of the molecule is O=C(c1ccccn1)N1CCC(Nc2ccc(OC(F)F)cn2)C1. The molecule has 6 nitrogen and oxygen atoms in total. The molecule has 1 amide bonds. The number of ether oxygens (including phenoxy) is 1. The van der Waals surface area contributed by atoms with Crippen LogP contribution in [0.5, 0.6) is 5.75 Å². The first-order valence-electron chi connectivity index (χ1n) is 7.49.